The Morgan fingerprint density at radius 3 is 2.53 bits per heavy atom. The molecule has 0 radical (unpaired) electrons. The second kappa shape index (κ2) is 14.7. The van der Waals surface area contributed by atoms with E-state index in [4.69, 9.17) is 9.47 Å². The summed E-state index contributed by atoms with van der Waals surface area (Å²) in [6, 6.07) is 14.9. The summed E-state index contributed by atoms with van der Waals surface area (Å²) in [6.07, 6.45) is 1.74. The number of carbonyl (C=O) groups is 4. The Kier molecular flexibility index (Phi) is 11.1. The van der Waals surface area contributed by atoms with Crippen LogP contribution >= 0.6 is 0 Å². The number of unbranched alkanes of at least 4 members (excludes halogenated alkanes) is 1. The number of aliphatic carboxylic acids is 1. The minimum absolute atomic E-state index is 0.171. The lowest BCUT2D eigenvalue weighted by Gasteiger charge is -2.27. The molecule has 0 spiro atoms. The molecule has 3 N–H and O–H groups in total. The highest BCUT2D eigenvalue weighted by Gasteiger charge is 2.34. The quantitative estimate of drug-likeness (QED) is 0.268. The molecule has 2 atom stereocenters. The lowest BCUT2D eigenvalue weighted by atomic mass is 10.0. The van der Waals surface area contributed by atoms with Gasteiger partial charge < -0.3 is 19.9 Å². The van der Waals surface area contributed by atoms with E-state index in [2.05, 4.69) is 10.6 Å². The maximum Gasteiger partial charge on any atom is 0.407 e. The van der Waals surface area contributed by atoms with Gasteiger partial charge in [-0.2, -0.15) is 0 Å². The van der Waals surface area contributed by atoms with Crippen LogP contribution in [0.15, 0.2) is 54.6 Å². The molecular weight excluding hydrogens is 490 g/mol. The van der Waals surface area contributed by atoms with Crippen molar-refractivity contribution in [1.29, 1.82) is 0 Å². The first-order valence-electron chi connectivity index (χ1n) is 12.9. The second-order valence-corrected chi connectivity index (χ2v) is 8.99. The number of ether oxygens (including phenoxy) is 2. The number of nitrogens with zero attached hydrogens (tertiary/aromatic N) is 1. The summed E-state index contributed by atoms with van der Waals surface area (Å²) in [4.78, 5) is 50.9. The normalized spacial score (nSPS) is 15.7. The second-order valence-electron chi connectivity index (χ2n) is 8.99. The fraction of sp³-hybridized carbons (Fsp3) is 0.429. The number of benzene rings is 2. The summed E-state index contributed by atoms with van der Waals surface area (Å²) in [7, 11) is 0. The average Bonchev–Trinajstić information content (AvgIpc) is 3.04. The van der Waals surface area contributed by atoms with Crippen LogP contribution in [-0.4, -0.2) is 60.8 Å². The lowest BCUT2D eigenvalue weighted by molar-refractivity contribution is -0.143. The van der Waals surface area contributed by atoms with Gasteiger partial charge in [0.25, 0.3) is 0 Å². The predicted molar refractivity (Wildman–Crippen MR) is 141 cm³/mol. The molecule has 1 aliphatic heterocycles. The summed E-state index contributed by atoms with van der Waals surface area (Å²) < 4.78 is 10.2. The molecule has 0 saturated carbocycles. The number of fused-ring (bicyclic) bond motifs is 1. The molecule has 1 aliphatic rings. The zero-order valence-corrected chi connectivity index (χ0v) is 21.6. The largest absolute Gasteiger partial charge is 0.480 e. The van der Waals surface area contributed by atoms with E-state index in [1.54, 1.807) is 19.1 Å². The van der Waals surface area contributed by atoms with Gasteiger partial charge in [-0.05, 0) is 56.2 Å². The van der Waals surface area contributed by atoms with Gasteiger partial charge in [0.05, 0.1) is 12.6 Å². The third kappa shape index (κ3) is 8.58. The van der Waals surface area contributed by atoms with E-state index >= 15 is 0 Å². The molecule has 2 aromatic carbocycles. The Hall–Kier alpha value is -3.92. The molecule has 0 fully saturated rings. The van der Waals surface area contributed by atoms with Gasteiger partial charge in [0.2, 0.25) is 5.91 Å². The predicted octanol–water partition coefficient (Wildman–Crippen LogP) is 3.04. The molecule has 3 rings (SSSR count). The summed E-state index contributed by atoms with van der Waals surface area (Å²) in [6.45, 7) is 2.16. The van der Waals surface area contributed by atoms with Crippen LogP contribution in [0.2, 0.25) is 0 Å². The van der Waals surface area contributed by atoms with Crippen molar-refractivity contribution in [1.82, 2.24) is 10.6 Å². The minimum Gasteiger partial charge on any atom is -0.480 e. The zero-order valence-electron chi connectivity index (χ0n) is 21.6. The van der Waals surface area contributed by atoms with Crippen LogP contribution in [0.4, 0.5) is 10.5 Å². The van der Waals surface area contributed by atoms with E-state index in [1.807, 2.05) is 42.5 Å². The molecular formula is C28H35N3O7. The molecule has 10 heteroatoms. The van der Waals surface area contributed by atoms with Crippen molar-refractivity contribution in [3.63, 3.8) is 0 Å². The highest BCUT2D eigenvalue weighted by molar-refractivity contribution is 6.02. The molecule has 2 amide bonds. The molecule has 0 bridgehead atoms. The molecule has 38 heavy (non-hydrogen) atoms. The van der Waals surface area contributed by atoms with Crippen LogP contribution < -0.4 is 15.5 Å². The highest BCUT2D eigenvalue weighted by Crippen LogP contribution is 2.27. The number of carboxylic acids is 1. The number of para-hydroxylation sites is 1. The number of carboxylic acid groups (broad SMARTS) is 1. The maximum atomic E-state index is 13.4. The van der Waals surface area contributed by atoms with Crippen LogP contribution in [0.5, 0.6) is 0 Å². The number of rotatable bonds is 13. The first-order chi connectivity index (χ1) is 18.4. The van der Waals surface area contributed by atoms with E-state index in [1.165, 1.54) is 4.90 Å². The standard InChI is InChI=1S/C28H35N3O7/c1-2-37-25(32)18-31-24-14-7-6-12-21(24)15-16-22(26(31)33)30-23(27(34)35)13-8-9-17-29-28(36)38-19-20-10-4-3-5-11-20/h3-7,10-12,14,22-23,30H,2,8-9,13,15-19H2,1H3,(H,29,36)(H,34,35)/t22-,23-/m0/s1. The fourth-order valence-corrected chi connectivity index (χ4v) is 4.33. The van der Waals surface area contributed by atoms with Crippen molar-refractivity contribution >= 4 is 29.6 Å². The number of amides is 2. The van der Waals surface area contributed by atoms with E-state index in [0.717, 1.165) is 11.1 Å². The monoisotopic (exact) mass is 525 g/mol. The Labute approximate surface area is 222 Å². The van der Waals surface area contributed by atoms with Gasteiger partial charge in [-0.25, -0.2) is 4.79 Å². The zero-order chi connectivity index (χ0) is 27.3. The van der Waals surface area contributed by atoms with Crippen LogP contribution in [0.1, 0.15) is 43.7 Å². The van der Waals surface area contributed by atoms with E-state index in [0.29, 0.717) is 37.9 Å². The number of carbonyl (C=O) groups excluding carboxylic acids is 3. The summed E-state index contributed by atoms with van der Waals surface area (Å²) in [5, 5.41) is 15.4. The Balaban J connectivity index is 1.50. The van der Waals surface area contributed by atoms with Gasteiger partial charge in [-0.1, -0.05) is 48.5 Å². The van der Waals surface area contributed by atoms with Crippen molar-refractivity contribution in [2.24, 2.45) is 0 Å². The van der Waals surface area contributed by atoms with Gasteiger partial charge in [-0.3, -0.25) is 24.6 Å². The summed E-state index contributed by atoms with van der Waals surface area (Å²) in [5.74, 6) is -1.95. The SMILES string of the molecule is CCOC(=O)CN1C(=O)[C@@H](N[C@@H](CCCCNC(=O)OCc2ccccc2)C(=O)O)CCc2ccccc21. The number of aryl methyl sites for hydroxylation is 1. The highest BCUT2D eigenvalue weighted by atomic mass is 16.5. The van der Waals surface area contributed by atoms with Gasteiger partial charge in [-0.15, -0.1) is 0 Å². The van der Waals surface area contributed by atoms with E-state index in [-0.39, 0.29) is 32.1 Å². The van der Waals surface area contributed by atoms with Crippen molar-refractivity contribution in [2.75, 3.05) is 24.6 Å². The molecule has 0 aliphatic carbocycles. The molecule has 204 valence electrons. The number of alkyl carbamates (subject to hydrolysis) is 1. The van der Waals surface area contributed by atoms with Crippen LogP contribution in [0.3, 0.4) is 0 Å². The minimum atomic E-state index is -1.06. The third-order valence-corrected chi connectivity index (χ3v) is 6.24. The average molecular weight is 526 g/mol. The Morgan fingerprint density at radius 2 is 1.79 bits per heavy atom. The van der Waals surface area contributed by atoms with Crippen molar-refractivity contribution in [2.45, 2.75) is 57.7 Å². The Bertz CT molecular complexity index is 1090. The van der Waals surface area contributed by atoms with Gasteiger partial charge >= 0.3 is 18.0 Å². The Morgan fingerprint density at radius 1 is 1.05 bits per heavy atom. The van der Waals surface area contributed by atoms with Gasteiger partial charge in [0.1, 0.15) is 19.2 Å². The van der Waals surface area contributed by atoms with Crippen molar-refractivity contribution in [3.8, 4) is 0 Å². The van der Waals surface area contributed by atoms with Gasteiger partial charge in [0.15, 0.2) is 0 Å². The van der Waals surface area contributed by atoms with Crippen LogP contribution in [0.25, 0.3) is 0 Å². The molecule has 0 aromatic heterocycles. The van der Waals surface area contributed by atoms with E-state index < -0.39 is 30.1 Å². The van der Waals surface area contributed by atoms with E-state index in [9.17, 15) is 24.3 Å². The molecule has 0 saturated heterocycles. The van der Waals surface area contributed by atoms with Crippen molar-refractivity contribution < 1.29 is 33.8 Å². The van der Waals surface area contributed by atoms with Gasteiger partial charge in [0, 0.05) is 12.2 Å². The third-order valence-electron chi connectivity index (χ3n) is 6.24. The number of hydrogen-bond donors (Lipinski definition) is 3. The lowest BCUT2D eigenvalue weighted by Crippen LogP contribution is -2.52. The smallest absolute Gasteiger partial charge is 0.407 e. The number of anilines is 1. The number of esters is 1. The molecule has 10 nitrogen and oxygen atoms in total. The van der Waals surface area contributed by atoms with Crippen LogP contribution in [-0.2, 0) is 36.9 Å². The first-order valence-corrected chi connectivity index (χ1v) is 12.9. The summed E-state index contributed by atoms with van der Waals surface area (Å²) in [5.41, 5.74) is 2.42. The maximum absolute atomic E-state index is 13.4. The molecule has 1 heterocycles. The molecule has 0 unspecified atom stereocenters. The van der Waals surface area contributed by atoms with Crippen molar-refractivity contribution in [3.05, 3.63) is 65.7 Å². The first kappa shape index (κ1) is 28.6. The van der Waals surface area contributed by atoms with Crippen LogP contribution in [0, 0.1) is 0 Å². The summed E-state index contributed by atoms with van der Waals surface area (Å²) >= 11 is 0. The molecule has 2 aromatic rings. The fourth-order valence-electron chi connectivity index (χ4n) is 4.33. The topological polar surface area (TPSA) is 134 Å². The number of hydrogen-bond acceptors (Lipinski definition) is 7. The number of nitrogens with one attached hydrogen (secondary N) is 2.